The Balaban J connectivity index is 1.05. The molecule has 10 aromatic carbocycles. The first kappa shape index (κ1) is 35.0. The molecule has 0 unspecified atom stereocenters. The van der Waals surface area contributed by atoms with Gasteiger partial charge in [-0.05, 0) is 104 Å². The van der Waals surface area contributed by atoms with Crippen molar-refractivity contribution in [2.24, 2.45) is 0 Å². The van der Waals surface area contributed by atoms with Crippen LogP contribution in [-0.2, 0) is 5.41 Å². The number of hydrogen-bond donors (Lipinski definition) is 0. The summed E-state index contributed by atoms with van der Waals surface area (Å²) in [6.45, 7) is 0. The average Bonchev–Trinajstić information content (AvgIpc) is 3.82. The second-order valence-corrected chi connectivity index (χ2v) is 16.1. The molecule has 12 rings (SSSR count). The summed E-state index contributed by atoms with van der Waals surface area (Å²) in [7, 11) is 0. The van der Waals surface area contributed by atoms with Gasteiger partial charge in [0.05, 0.1) is 22.1 Å². The summed E-state index contributed by atoms with van der Waals surface area (Å²) in [6.07, 6.45) is 0. The van der Waals surface area contributed by atoms with E-state index < -0.39 is 5.41 Å². The van der Waals surface area contributed by atoms with Crippen molar-refractivity contribution in [3.63, 3.8) is 0 Å². The lowest BCUT2D eigenvalue weighted by Gasteiger charge is -2.35. The minimum atomic E-state index is -0.493. The highest BCUT2D eigenvalue weighted by molar-refractivity contribution is 6.11. The zero-order chi connectivity index (χ0) is 40.3. The van der Waals surface area contributed by atoms with Crippen LogP contribution in [0, 0.1) is 0 Å². The van der Waals surface area contributed by atoms with Gasteiger partial charge < -0.3 is 9.47 Å². The topological polar surface area (TPSA) is 8.17 Å². The van der Waals surface area contributed by atoms with E-state index in [4.69, 9.17) is 0 Å². The van der Waals surface area contributed by atoms with Gasteiger partial charge >= 0.3 is 0 Å². The van der Waals surface area contributed by atoms with Crippen molar-refractivity contribution < 1.29 is 0 Å². The monoisotopic (exact) mass is 776 g/mol. The van der Waals surface area contributed by atoms with Crippen LogP contribution in [0.3, 0.4) is 0 Å². The molecule has 0 radical (unpaired) electrons. The molecule has 0 saturated carbocycles. The summed E-state index contributed by atoms with van der Waals surface area (Å²) in [5.41, 5.74) is 16.4. The molecule has 0 bridgehead atoms. The van der Waals surface area contributed by atoms with Crippen molar-refractivity contribution in [2.75, 3.05) is 4.90 Å². The molecule has 11 aromatic rings. The number of anilines is 3. The summed E-state index contributed by atoms with van der Waals surface area (Å²) < 4.78 is 2.45. The van der Waals surface area contributed by atoms with E-state index in [9.17, 15) is 0 Å². The van der Waals surface area contributed by atoms with Gasteiger partial charge in [-0.1, -0.05) is 188 Å². The molecule has 61 heavy (non-hydrogen) atoms. The van der Waals surface area contributed by atoms with Gasteiger partial charge in [-0.3, -0.25) is 0 Å². The van der Waals surface area contributed by atoms with E-state index in [2.05, 4.69) is 252 Å². The molecule has 0 atom stereocenters. The molecule has 0 N–H and O–H groups in total. The molecular weight excluding hydrogens is 737 g/mol. The van der Waals surface area contributed by atoms with Crippen molar-refractivity contribution >= 4 is 49.6 Å². The first-order valence-electron chi connectivity index (χ1n) is 21.1. The summed E-state index contributed by atoms with van der Waals surface area (Å²) in [5.74, 6) is 0. The molecule has 2 nitrogen and oxygen atoms in total. The smallest absolute Gasteiger partial charge is 0.0714 e. The Kier molecular flexibility index (Phi) is 8.11. The van der Waals surface area contributed by atoms with E-state index in [0.29, 0.717) is 0 Å². The van der Waals surface area contributed by atoms with Crippen LogP contribution >= 0.6 is 0 Å². The molecule has 2 heteroatoms. The number of nitrogens with zero attached hydrogens (tertiary/aromatic N) is 2. The Morgan fingerprint density at radius 1 is 0.328 bits per heavy atom. The maximum atomic E-state index is 2.45. The third-order valence-corrected chi connectivity index (χ3v) is 12.8. The van der Waals surface area contributed by atoms with Crippen molar-refractivity contribution in [2.45, 2.75) is 5.41 Å². The first-order valence-corrected chi connectivity index (χ1v) is 21.1. The predicted octanol–water partition coefficient (Wildman–Crippen LogP) is 15.4. The highest BCUT2D eigenvalue weighted by atomic mass is 15.1. The number of para-hydroxylation sites is 2. The molecule has 0 aliphatic heterocycles. The molecule has 0 saturated heterocycles. The van der Waals surface area contributed by atoms with E-state index in [1.54, 1.807) is 0 Å². The molecule has 1 aliphatic carbocycles. The molecule has 0 fully saturated rings. The van der Waals surface area contributed by atoms with Crippen molar-refractivity contribution in [1.82, 2.24) is 4.57 Å². The number of fused-ring (bicyclic) bond motifs is 7. The largest absolute Gasteiger partial charge is 0.310 e. The fourth-order valence-corrected chi connectivity index (χ4v) is 10.2. The van der Waals surface area contributed by atoms with Crippen LogP contribution in [0.5, 0.6) is 0 Å². The molecule has 0 amide bonds. The lowest BCUT2D eigenvalue weighted by Crippen LogP contribution is -2.28. The normalized spacial score (nSPS) is 12.7. The van der Waals surface area contributed by atoms with Gasteiger partial charge in [-0.25, -0.2) is 0 Å². The van der Waals surface area contributed by atoms with Crippen molar-refractivity contribution in [1.29, 1.82) is 0 Å². The summed E-state index contributed by atoms with van der Waals surface area (Å²) in [6, 6.07) is 89.0. The van der Waals surface area contributed by atoms with Crippen LogP contribution in [0.2, 0.25) is 0 Å². The van der Waals surface area contributed by atoms with Gasteiger partial charge in [0, 0.05) is 33.2 Å². The second kappa shape index (κ2) is 14.1. The minimum absolute atomic E-state index is 0.493. The maximum absolute atomic E-state index is 2.45. The van der Waals surface area contributed by atoms with Crippen LogP contribution in [0.25, 0.3) is 60.5 Å². The SMILES string of the molecule is c1ccc(N(c2cccc(-c3ccc4c5ccccc5n(-c5cccc6ccccc56)c4c3)c2)c2ccc3c(c2)C(c2ccccc2)(c2ccccc2)c2ccccc2-3)cc1. The van der Waals surface area contributed by atoms with Crippen LogP contribution in [0.4, 0.5) is 17.1 Å². The minimum Gasteiger partial charge on any atom is -0.310 e. The van der Waals surface area contributed by atoms with Crippen LogP contribution in [0.1, 0.15) is 22.3 Å². The third kappa shape index (κ3) is 5.43. The van der Waals surface area contributed by atoms with Gasteiger partial charge in [-0.15, -0.1) is 0 Å². The van der Waals surface area contributed by atoms with E-state index in [-0.39, 0.29) is 0 Å². The van der Waals surface area contributed by atoms with Gasteiger partial charge in [-0.2, -0.15) is 0 Å². The van der Waals surface area contributed by atoms with Crippen LogP contribution in [-0.4, -0.2) is 4.57 Å². The van der Waals surface area contributed by atoms with Crippen LogP contribution in [0.15, 0.2) is 243 Å². The number of aromatic nitrogens is 1. The van der Waals surface area contributed by atoms with Crippen molar-refractivity contribution in [3.8, 4) is 27.9 Å². The Bertz CT molecular complexity index is 3370. The van der Waals surface area contributed by atoms with E-state index in [1.807, 2.05) is 0 Å². The zero-order valence-electron chi connectivity index (χ0n) is 33.5. The summed E-state index contributed by atoms with van der Waals surface area (Å²) >= 11 is 0. The Labute approximate surface area is 355 Å². The van der Waals surface area contributed by atoms with E-state index >= 15 is 0 Å². The van der Waals surface area contributed by atoms with Gasteiger partial charge in [0.15, 0.2) is 0 Å². The Hall–Kier alpha value is -7.94. The molecule has 1 heterocycles. The quantitative estimate of drug-likeness (QED) is 0.156. The number of rotatable bonds is 7. The molecule has 286 valence electrons. The summed E-state index contributed by atoms with van der Waals surface area (Å²) in [4.78, 5) is 2.42. The predicted molar refractivity (Wildman–Crippen MR) is 256 cm³/mol. The zero-order valence-corrected chi connectivity index (χ0v) is 33.5. The molecule has 1 aliphatic rings. The van der Waals surface area contributed by atoms with E-state index in [1.165, 1.54) is 77.2 Å². The number of hydrogen-bond acceptors (Lipinski definition) is 1. The lowest BCUT2D eigenvalue weighted by molar-refractivity contribution is 0.768. The molecule has 1 aromatic heterocycles. The van der Waals surface area contributed by atoms with Gasteiger partial charge in [0.2, 0.25) is 0 Å². The van der Waals surface area contributed by atoms with Crippen molar-refractivity contribution in [3.05, 3.63) is 265 Å². The molecule has 0 spiro atoms. The Morgan fingerprint density at radius 3 is 1.70 bits per heavy atom. The standard InChI is InChI=1S/C59H40N2/c1-4-21-44(22-5-1)59(45-23-6-2-7-24-45)54-31-14-12-29-50(54)51-37-35-48(40-55(51)59)60(46-25-8-3-9-26-46)47-27-16-20-42(38-47)43-34-36-53-52-30-13-15-32-57(52)61(58(53)39-43)56-33-17-19-41-18-10-11-28-49(41)56/h1-40H. The molecular formula is C59H40N2. The summed E-state index contributed by atoms with van der Waals surface area (Å²) in [5, 5.41) is 4.96. The van der Waals surface area contributed by atoms with Gasteiger partial charge in [0.1, 0.15) is 0 Å². The third-order valence-electron chi connectivity index (χ3n) is 12.8. The Morgan fingerprint density at radius 2 is 0.902 bits per heavy atom. The maximum Gasteiger partial charge on any atom is 0.0714 e. The van der Waals surface area contributed by atoms with Crippen LogP contribution < -0.4 is 4.90 Å². The lowest BCUT2D eigenvalue weighted by atomic mass is 9.67. The highest BCUT2D eigenvalue weighted by Gasteiger charge is 2.46. The fraction of sp³-hybridized carbons (Fsp3) is 0.0169. The second-order valence-electron chi connectivity index (χ2n) is 16.1. The van der Waals surface area contributed by atoms with E-state index in [0.717, 1.165) is 22.6 Å². The first-order chi connectivity index (χ1) is 30.3. The average molecular weight is 777 g/mol. The fourth-order valence-electron chi connectivity index (χ4n) is 10.2. The van der Waals surface area contributed by atoms with Gasteiger partial charge in [0.25, 0.3) is 0 Å². The highest BCUT2D eigenvalue weighted by Crippen LogP contribution is 2.57. The number of benzene rings is 10.